The molecule has 0 saturated carbocycles. The Morgan fingerprint density at radius 2 is 2.12 bits per heavy atom. The Hall–Kier alpha value is -2.38. The van der Waals surface area contributed by atoms with Crippen LogP contribution in [0, 0.1) is 6.92 Å². The van der Waals surface area contributed by atoms with E-state index in [0.717, 1.165) is 21.6 Å². The highest BCUT2D eigenvalue weighted by atomic mass is 35.5. The van der Waals surface area contributed by atoms with E-state index >= 15 is 0 Å². The number of rotatable bonds is 5. The molecule has 0 unspecified atom stereocenters. The third kappa shape index (κ3) is 3.59. The van der Waals surface area contributed by atoms with E-state index in [1.807, 2.05) is 38.1 Å². The molecule has 0 spiro atoms. The number of aryl methyl sites for hydroxylation is 1. The van der Waals surface area contributed by atoms with Crippen LogP contribution in [0.3, 0.4) is 0 Å². The molecule has 0 aliphatic rings. The normalized spacial score (nSPS) is 12.2. The Morgan fingerprint density at radius 1 is 1.35 bits per heavy atom. The third-order valence-electron chi connectivity index (χ3n) is 3.91. The average Bonchev–Trinajstić information content (AvgIpc) is 3.16. The van der Waals surface area contributed by atoms with Gasteiger partial charge in [-0.25, -0.2) is 4.68 Å². The Bertz CT molecular complexity index is 979. The zero-order valence-corrected chi connectivity index (χ0v) is 16.2. The van der Waals surface area contributed by atoms with Gasteiger partial charge in [0.15, 0.2) is 0 Å². The Morgan fingerprint density at radius 3 is 2.81 bits per heavy atom. The summed E-state index contributed by atoms with van der Waals surface area (Å²) in [6, 6.07) is 8.60. The molecular formula is C18H19ClN4O2S. The van der Waals surface area contributed by atoms with E-state index in [1.165, 1.54) is 11.3 Å². The minimum Gasteiger partial charge on any atom is -0.355 e. The van der Waals surface area contributed by atoms with Crippen molar-refractivity contribution in [2.24, 2.45) is 0 Å². The Balaban J connectivity index is 1.91. The van der Waals surface area contributed by atoms with Crippen LogP contribution in [0.25, 0.3) is 15.9 Å². The van der Waals surface area contributed by atoms with E-state index < -0.39 is 6.04 Å². The number of likely N-dealkylation sites (N-methyl/N-ethyl adjacent to an activating group) is 1. The highest BCUT2D eigenvalue weighted by Gasteiger charge is 2.20. The summed E-state index contributed by atoms with van der Waals surface area (Å²) in [4.78, 5) is 25.7. The monoisotopic (exact) mass is 390 g/mol. The molecule has 6 nitrogen and oxygen atoms in total. The molecule has 0 bridgehead atoms. The van der Waals surface area contributed by atoms with Crippen LogP contribution in [0.15, 0.2) is 30.3 Å². The molecule has 0 aliphatic heterocycles. The van der Waals surface area contributed by atoms with Crippen molar-refractivity contribution in [2.45, 2.75) is 26.8 Å². The first-order valence-electron chi connectivity index (χ1n) is 8.24. The molecule has 2 heterocycles. The topological polar surface area (TPSA) is 76.0 Å². The zero-order chi connectivity index (χ0) is 18.8. The largest absolute Gasteiger partial charge is 0.355 e. The fraction of sp³-hybridized carbons (Fsp3) is 0.278. The predicted octanol–water partition coefficient (Wildman–Crippen LogP) is 3.30. The SMILES string of the molecule is CCNC(=O)[C@@H](C)NC(=O)c1cc2c(C)nn(-c3cccc(Cl)c3)c2s1. The van der Waals surface area contributed by atoms with Gasteiger partial charge in [-0.1, -0.05) is 17.7 Å². The van der Waals surface area contributed by atoms with Crippen molar-refractivity contribution < 1.29 is 9.59 Å². The number of amides is 2. The fourth-order valence-electron chi connectivity index (χ4n) is 2.60. The van der Waals surface area contributed by atoms with Crippen molar-refractivity contribution in [2.75, 3.05) is 6.54 Å². The molecule has 1 aromatic carbocycles. The number of hydrogen-bond donors (Lipinski definition) is 2. The maximum absolute atomic E-state index is 12.5. The van der Waals surface area contributed by atoms with Gasteiger partial charge in [-0.15, -0.1) is 11.3 Å². The number of carbonyl (C=O) groups is 2. The second kappa shape index (κ2) is 7.47. The van der Waals surface area contributed by atoms with Crippen molar-refractivity contribution in [3.05, 3.63) is 45.9 Å². The summed E-state index contributed by atoms with van der Waals surface area (Å²) in [6.07, 6.45) is 0. The lowest BCUT2D eigenvalue weighted by Crippen LogP contribution is -2.44. The number of halogens is 1. The number of benzene rings is 1. The molecule has 2 N–H and O–H groups in total. The fourth-order valence-corrected chi connectivity index (χ4v) is 3.87. The molecule has 136 valence electrons. The van der Waals surface area contributed by atoms with Gasteiger partial charge in [-0.05, 0) is 45.0 Å². The van der Waals surface area contributed by atoms with Gasteiger partial charge in [0, 0.05) is 17.0 Å². The molecule has 0 saturated heterocycles. The van der Waals surface area contributed by atoms with Crippen molar-refractivity contribution in [1.29, 1.82) is 0 Å². The summed E-state index contributed by atoms with van der Waals surface area (Å²) in [5.74, 6) is -0.481. The van der Waals surface area contributed by atoms with Crippen LogP contribution in [0.2, 0.25) is 5.02 Å². The summed E-state index contributed by atoms with van der Waals surface area (Å²) in [5.41, 5.74) is 1.66. The van der Waals surface area contributed by atoms with Gasteiger partial charge in [-0.3, -0.25) is 9.59 Å². The average molecular weight is 391 g/mol. The van der Waals surface area contributed by atoms with E-state index in [4.69, 9.17) is 11.6 Å². The molecule has 2 aromatic heterocycles. The van der Waals surface area contributed by atoms with Gasteiger partial charge in [0.05, 0.1) is 16.3 Å². The first-order valence-corrected chi connectivity index (χ1v) is 9.43. The van der Waals surface area contributed by atoms with Gasteiger partial charge in [0.1, 0.15) is 10.9 Å². The molecule has 3 aromatic rings. The standard InChI is InChI=1S/C18H19ClN4O2S/c1-4-20-16(24)11(3)21-17(25)15-9-14-10(2)22-23(18(14)26-15)13-7-5-6-12(19)8-13/h5-9,11H,4H2,1-3H3,(H,20,24)(H,21,25)/t11-/m1/s1. The second-order valence-corrected chi connectivity index (χ2v) is 7.36. The molecule has 1 atom stereocenters. The van der Waals surface area contributed by atoms with Crippen molar-refractivity contribution in [1.82, 2.24) is 20.4 Å². The lowest BCUT2D eigenvalue weighted by molar-refractivity contribution is -0.122. The zero-order valence-electron chi connectivity index (χ0n) is 14.7. The van der Waals surface area contributed by atoms with E-state index in [0.29, 0.717) is 16.4 Å². The maximum Gasteiger partial charge on any atom is 0.262 e. The lowest BCUT2D eigenvalue weighted by Gasteiger charge is -2.12. The Labute approximate surface area is 160 Å². The summed E-state index contributed by atoms with van der Waals surface area (Å²) in [6.45, 7) is 5.92. The minimum atomic E-state index is -0.599. The molecule has 3 rings (SSSR count). The number of nitrogens with one attached hydrogen (secondary N) is 2. The second-order valence-electron chi connectivity index (χ2n) is 5.90. The number of thiophene rings is 1. The highest BCUT2D eigenvalue weighted by Crippen LogP contribution is 2.31. The van der Waals surface area contributed by atoms with Gasteiger partial charge < -0.3 is 10.6 Å². The number of hydrogen-bond acceptors (Lipinski definition) is 4. The van der Waals surface area contributed by atoms with Gasteiger partial charge in [0.25, 0.3) is 5.91 Å². The summed E-state index contributed by atoms with van der Waals surface area (Å²) in [7, 11) is 0. The van der Waals surface area contributed by atoms with E-state index in [-0.39, 0.29) is 11.8 Å². The molecule has 0 fully saturated rings. The van der Waals surface area contributed by atoms with Crippen molar-refractivity contribution >= 4 is 45.0 Å². The van der Waals surface area contributed by atoms with Crippen LogP contribution in [-0.4, -0.2) is 34.2 Å². The maximum atomic E-state index is 12.5. The summed E-state index contributed by atoms with van der Waals surface area (Å²) >= 11 is 7.42. The third-order valence-corrected chi connectivity index (χ3v) is 5.26. The number of carbonyl (C=O) groups excluding carboxylic acids is 2. The van der Waals surface area contributed by atoms with Gasteiger partial charge in [-0.2, -0.15) is 5.10 Å². The predicted molar refractivity (Wildman–Crippen MR) is 104 cm³/mol. The molecule has 0 aliphatic carbocycles. The van der Waals surface area contributed by atoms with E-state index in [2.05, 4.69) is 15.7 Å². The number of nitrogens with zero attached hydrogens (tertiary/aromatic N) is 2. The van der Waals surface area contributed by atoms with Crippen LogP contribution in [0.1, 0.15) is 29.2 Å². The molecule has 8 heteroatoms. The van der Waals surface area contributed by atoms with E-state index in [9.17, 15) is 9.59 Å². The molecule has 0 radical (unpaired) electrons. The lowest BCUT2D eigenvalue weighted by atomic mass is 10.2. The number of fused-ring (bicyclic) bond motifs is 1. The highest BCUT2D eigenvalue weighted by molar-refractivity contribution is 7.20. The first-order chi connectivity index (χ1) is 12.4. The van der Waals surface area contributed by atoms with Crippen LogP contribution in [-0.2, 0) is 4.79 Å². The minimum absolute atomic E-state index is 0.205. The van der Waals surface area contributed by atoms with Crippen molar-refractivity contribution in [3.8, 4) is 5.69 Å². The van der Waals surface area contributed by atoms with Crippen LogP contribution < -0.4 is 10.6 Å². The summed E-state index contributed by atoms with van der Waals surface area (Å²) < 4.78 is 1.78. The van der Waals surface area contributed by atoms with Crippen LogP contribution in [0.4, 0.5) is 0 Å². The molecule has 26 heavy (non-hydrogen) atoms. The Kier molecular flexibility index (Phi) is 5.29. The van der Waals surface area contributed by atoms with Gasteiger partial charge >= 0.3 is 0 Å². The van der Waals surface area contributed by atoms with Crippen LogP contribution in [0.5, 0.6) is 0 Å². The summed E-state index contributed by atoms with van der Waals surface area (Å²) in [5, 5.41) is 11.5. The quantitative estimate of drug-likeness (QED) is 0.701. The smallest absolute Gasteiger partial charge is 0.262 e. The molecular weight excluding hydrogens is 372 g/mol. The van der Waals surface area contributed by atoms with Crippen LogP contribution >= 0.6 is 22.9 Å². The molecule has 2 amide bonds. The van der Waals surface area contributed by atoms with E-state index in [1.54, 1.807) is 17.7 Å². The number of aromatic nitrogens is 2. The van der Waals surface area contributed by atoms with Gasteiger partial charge in [0.2, 0.25) is 5.91 Å². The van der Waals surface area contributed by atoms with Crippen molar-refractivity contribution in [3.63, 3.8) is 0 Å². The first kappa shape index (κ1) is 18.4.